The highest BCUT2D eigenvalue weighted by Gasteiger charge is 2.40. The van der Waals surface area contributed by atoms with Crippen molar-refractivity contribution in [1.29, 1.82) is 0 Å². The molecule has 1 aliphatic heterocycles. The Balaban J connectivity index is 2.45. The highest BCUT2D eigenvalue weighted by atomic mass is 35.5. The number of aliphatic hydroxyl groups excluding tert-OH is 1. The number of nitrogens with zero attached hydrogens (tertiary/aromatic N) is 1. The van der Waals surface area contributed by atoms with Gasteiger partial charge in [-0.25, -0.2) is 8.42 Å². The number of halogens is 1. The lowest BCUT2D eigenvalue weighted by molar-refractivity contribution is 0.191. The van der Waals surface area contributed by atoms with Crippen LogP contribution in [0.4, 0.5) is 0 Å². The maximum Gasteiger partial charge on any atom is 0.247 e. The Labute approximate surface area is 124 Å². The first-order valence-electron chi connectivity index (χ1n) is 6.38. The van der Waals surface area contributed by atoms with Gasteiger partial charge in [-0.15, -0.1) is 0 Å². The van der Waals surface area contributed by atoms with E-state index >= 15 is 0 Å². The first-order chi connectivity index (χ1) is 9.41. The molecule has 2 rings (SSSR count). The van der Waals surface area contributed by atoms with Crippen molar-refractivity contribution in [3.63, 3.8) is 0 Å². The number of hydrogen-bond donors (Lipinski definition) is 1. The van der Waals surface area contributed by atoms with Gasteiger partial charge in [0.25, 0.3) is 0 Å². The van der Waals surface area contributed by atoms with E-state index in [0.29, 0.717) is 11.6 Å². The number of sulfonamides is 1. The number of ether oxygens (including phenoxy) is 1. The molecule has 5 nitrogen and oxygen atoms in total. The molecule has 112 valence electrons. The van der Waals surface area contributed by atoms with E-state index in [2.05, 4.69) is 0 Å². The van der Waals surface area contributed by atoms with Crippen molar-refractivity contribution >= 4 is 21.6 Å². The van der Waals surface area contributed by atoms with Gasteiger partial charge in [-0.05, 0) is 24.5 Å². The predicted octanol–water partition coefficient (Wildman–Crippen LogP) is 1.74. The third kappa shape index (κ3) is 2.65. The van der Waals surface area contributed by atoms with Gasteiger partial charge in [0.05, 0.1) is 19.8 Å². The minimum absolute atomic E-state index is 0.0805. The minimum Gasteiger partial charge on any atom is -0.495 e. The fourth-order valence-corrected chi connectivity index (χ4v) is 4.55. The molecule has 1 aliphatic rings. The number of rotatable bonds is 4. The van der Waals surface area contributed by atoms with Gasteiger partial charge in [-0.3, -0.25) is 0 Å². The summed E-state index contributed by atoms with van der Waals surface area (Å²) in [5.41, 5.74) is 0. The van der Waals surface area contributed by atoms with Crippen LogP contribution in [0.5, 0.6) is 5.75 Å². The van der Waals surface area contributed by atoms with E-state index in [1.165, 1.54) is 29.6 Å². The minimum atomic E-state index is -3.70. The van der Waals surface area contributed by atoms with Crippen molar-refractivity contribution in [3.8, 4) is 5.75 Å². The molecule has 2 unspecified atom stereocenters. The molecule has 7 heteroatoms. The van der Waals surface area contributed by atoms with Crippen LogP contribution in [0.25, 0.3) is 0 Å². The van der Waals surface area contributed by atoms with Crippen molar-refractivity contribution in [2.24, 2.45) is 5.92 Å². The van der Waals surface area contributed by atoms with E-state index in [4.69, 9.17) is 16.3 Å². The number of aliphatic hydroxyl groups is 1. The lowest BCUT2D eigenvalue weighted by atomic mass is 10.0. The monoisotopic (exact) mass is 319 g/mol. The fourth-order valence-electron chi connectivity index (χ4n) is 2.52. The zero-order valence-electron chi connectivity index (χ0n) is 11.4. The van der Waals surface area contributed by atoms with Gasteiger partial charge in [-0.2, -0.15) is 4.31 Å². The van der Waals surface area contributed by atoms with Crippen molar-refractivity contribution in [2.45, 2.75) is 24.3 Å². The molecule has 1 saturated heterocycles. The quantitative estimate of drug-likeness (QED) is 0.918. The molecule has 20 heavy (non-hydrogen) atoms. The first kappa shape index (κ1) is 15.6. The van der Waals surface area contributed by atoms with Gasteiger partial charge in [0.1, 0.15) is 10.6 Å². The van der Waals surface area contributed by atoms with Gasteiger partial charge < -0.3 is 9.84 Å². The van der Waals surface area contributed by atoms with Crippen molar-refractivity contribution < 1.29 is 18.3 Å². The van der Waals surface area contributed by atoms with Crippen molar-refractivity contribution in [2.75, 3.05) is 20.3 Å². The predicted molar refractivity (Wildman–Crippen MR) is 76.6 cm³/mol. The molecule has 1 N–H and O–H groups in total. The Hall–Kier alpha value is -0.820. The number of hydrogen-bond acceptors (Lipinski definition) is 4. The van der Waals surface area contributed by atoms with Crippen molar-refractivity contribution in [1.82, 2.24) is 4.31 Å². The summed E-state index contributed by atoms with van der Waals surface area (Å²) in [4.78, 5) is 0.0805. The summed E-state index contributed by atoms with van der Waals surface area (Å²) in [5, 5.41) is 9.84. The molecule has 0 amide bonds. The Morgan fingerprint density at radius 1 is 1.50 bits per heavy atom. The molecule has 2 atom stereocenters. The third-order valence-electron chi connectivity index (χ3n) is 3.73. The Morgan fingerprint density at radius 2 is 2.20 bits per heavy atom. The summed E-state index contributed by atoms with van der Waals surface area (Å²) in [6.45, 7) is 2.16. The van der Waals surface area contributed by atoms with Gasteiger partial charge in [-0.1, -0.05) is 18.5 Å². The highest BCUT2D eigenvalue weighted by molar-refractivity contribution is 7.89. The highest BCUT2D eigenvalue weighted by Crippen LogP contribution is 2.34. The van der Waals surface area contributed by atoms with Gasteiger partial charge in [0, 0.05) is 17.6 Å². The van der Waals surface area contributed by atoms with Crippen LogP contribution in [0, 0.1) is 5.92 Å². The molecular formula is C13H18ClNO4S. The second-order valence-electron chi connectivity index (χ2n) is 4.93. The standard InChI is InChI=1S/C13H18ClNO4S/c1-9-5-6-15(11(9)8-16)20(17,18)13-4-3-10(14)7-12(13)19-2/h3-4,7,9,11,16H,5-6,8H2,1-2H3. The lowest BCUT2D eigenvalue weighted by Gasteiger charge is -2.25. The lowest BCUT2D eigenvalue weighted by Crippen LogP contribution is -2.39. The molecule has 1 fully saturated rings. The van der Waals surface area contributed by atoms with Crippen LogP contribution in [0.1, 0.15) is 13.3 Å². The topological polar surface area (TPSA) is 66.8 Å². The van der Waals surface area contributed by atoms with E-state index in [0.717, 1.165) is 6.42 Å². The van der Waals surface area contributed by atoms with Crippen LogP contribution in [-0.2, 0) is 10.0 Å². The smallest absolute Gasteiger partial charge is 0.247 e. The SMILES string of the molecule is COc1cc(Cl)ccc1S(=O)(=O)N1CCC(C)C1CO. The molecule has 1 aromatic rings. The molecule has 0 radical (unpaired) electrons. The molecule has 0 saturated carbocycles. The number of benzene rings is 1. The largest absolute Gasteiger partial charge is 0.495 e. The Bertz CT molecular complexity index is 590. The molecule has 0 bridgehead atoms. The van der Waals surface area contributed by atoms with Crippen LogP contribution >= 0.6 is 11.6 Å². The summed E-state index contributed by atoms with van der Waals surface area (Å²) in [5.74, 6) is 0.349. The summed E-state index contributed by atoms with van der Waals surface area (Å²) in [6, 6.07) is 4.04. The van der Waals surface area contributed by atoms with Crippen LogP contribution < -0.4 is 4.74 Å². The molecule has 1 aromatic carbocycles. The molecule has 1 heterocycles. The van der Waals surface area contributed by atoms with Crippen LogP contribution in [0.2, 0.25) is 5.02 Å². The van der Waals surface area contributed by atoms with Crippen molar-refractivity contribution in [3.05, 3.63) is 23.2 Å². The molecule has 0 aromatic heterocycles. The average molecular weight is 320 g/mol. The maximum absolute atomic E-state index is 12.7. The van der Waals surface area contributed by atoms with E-state index < -0.39 is 10.0 Å². The van der Waals surface area contributed by atoms with E-state index in [1.807, 2.05) is 6.92 Å². The van der Waals surface area contributed by atoms with Gasteiger partial charge >= 0.3 is 0 Å². The second-order valence-corrected chi connectivity index (χ2v) is 7.22. The van der Waals surface area contributed by atoms with E-state index in [9.17, 15) is 13.5 Å². The van der Waals surface area contributed by atoms with E-state index in [1.54, 1.807) is 0 Å². The van der Waals surface area contributed by atoms with Gasteiger partial charge in [0.15, 0.2) is 0 Å². The van der Waals surface area contributed by atoms with Crippen LogP contribution in [0.15, 0.2) is 23.1 Å². The van der Waals surface area contributed by atoms with Gasteiger partial charge in [0.2, 0.25) is 10.0 Å². The average Bonchev–Trinajstić information content (AvgIpc) is 2.79. The zero-order valence-corrected chi connectivity index (χ0v) is 13.0. The first-order valence-corrected chi connectivity index (χ1v) is 8.20. The summed E-state index contributed by atoms with van der Waals surface area (Å²) in [6.07, 6.45) is 0.736. The Morgan fingerprint density at radius 3 is 2.80 bits per heavy atom. The normalized spacial score (nSPS) is 24.0. The maximum atomic E-state index is 12.7. The summed E-state index contributed by atoms with van der Waals surface area (Å²) >= 11 is 5.86. The summed E-state index contributed by atoms with van der Waals surface area (Å²) < 4.78 is 31.9. The molecule has 0 aliphatic carbocycles. The zero-order chi connectivity index (χ0) is 14.9. The third-order valence-corrected chi connectivity index (χ3v) is 5.93. The second kappa shape index (κ2) is 5.89. The van der Waals surface area contributed by atoms with E-state index in [-0.39, 0.29) is 29.2 Å². The molecule has 0 spiro atoms. The fraction of sp³-hybridized carbons (Fsp3) is 0.538. The van der Waals surface area contributed by atoms with Crippen LogP contribution in [0.3, 0.4) is 0 Å². The Kier molecular flexibility index (Phi) is 4.59. The number of methoxy groups -OCH3 is 1. The molecular weight excluding hydrogens is 302 g/mol. The summed E-state index contributed by atoms with van der Waals surface area (Å²) in [7, 11) is -2.30. The van der Waals surface area contributed by atoms with Crippen LogP contribution in [-0.4, -0.2) is 44.1 Å².